The molecule has 2 aromatic carbocycles. The fourth-order valence-corrected chi connectivity index (χ4v) is 4.96. The lowest BCUT2D eigenvalue weighted by atomic mass is 9.72. The van der Waals surface area contributed by atoms with Crippen LogP contribution < -0.4 is 16.8 Å². The summed E-state index contributed by atoms with van der Waals surface area (Å²) in [5.41, 5.74) is 13.5. The van der Waals surface area contributed by atoms with Crippen molar-refractivity contribution < 1.29 is 29.4 Å². The van der Waals surface area contributed by atoms with Gasteiger partial charge in [-0.1, -0.05) is 60.7 Å². The van der Waals surface area contributed by atoms with Crippen molar-refractivity contribution in [1.82, 2.24) is 5.32 Å². The van der Waals surface area contributed by atoms with E-state index in [1.807, 2.05) is 0 Å². The molecule has 0 aromatic heterocycles. The summed E-state index contributed by atoms with van der Waals surface area (Å²) in [6.07, 6.45) is -0.594. The van der Waals surface area contributed by atoms with Crippen LogP contribution in [-0.2, 0) is 30.3 Å². The number of carbonyl (C=O) groups excluding carboxylic acids is 2. The zero-order valence-electron chi connectivity index (χ0n) is 19.3. The average molecular weight is 517 g/mol. The molecule has 0 aliphatic heterocycles. The number of ketones is 1. The number of aliphatic carboxylic acids is 2. The zero-order chi connectivity index (χ0) is 26.7. The number of carboxylic acid groups (broad SMARTS) is 2. The van der Waals surface area contributed by atoms with Gasteiger partial charge in [-0.15, -0.1) is 4.91 Å². The number of carboxylic acids is 2. The molecule has 12 heteroatoms. The van der Waals surface area contributed by atoms with Gasteiger partial charge in [0.1, 0.15) is 11.3 Å². The molecule has 192 valence electrons. The number of nitrogens with one attached hydrogen (secondary N) is 1. The van der Waals surface area contributed by atoms with Crippen molar-refractivity contribution in [3.63, 3.8) is 0 Å². The quantitative estimate of drug-likeness (QED) is 0.170. The highest BCUT2D eigenvalue weighted by Crippen LogP contribution is 2.48. The summed E-state index contributed by atoms with van der Waals surface area (Å²) in [6, 6.07) is 14.1. The summed E-state index contributed by atoms with van der Waals surface area (Å²) >= 11 is 0.361. The van der Waals surface area contributed by atoms with Gasteiger partial charge in [-0.3, -0.25) is 19.2 Å². The minimum absolute atomic E-state index is 0.0251. The van der Waals surface area contributed by atoms with Crippen molar-refractivity contribution in [2.45, 2.75) is 36.1 Å². The number of nitrogens with two attached hydrogens (primary N) is 2. The number of hydrogen-bond acceptors (Lipinski definition) is 9. The Kier molecular flexibility index (Phi) is 10.7. The van der Waals surface area contributed by atoms with Gasteiger partial charge in [0.2, 0.25) is 5.91 Å². The van der Waals surface area contributed by atoms with Gasteiger partial charge >= 0.3 is 11.9 Å². The molecule has 3 unspecified atom stereocenters. The van der Waals surface area contributed by atoms with E-state index < -0.39 is 59.3 Å². The van der Waals surface area contributed by atoms with E-state index in [0.717, 1.165) is 0 Å². The minimum atomic E-state index is -1.88. The molecule has 0 bridgehead atoms. The van der Waals surface area contributed by atoms with E-state index in [0.29, 0.717) is 23.1 Å². The molecule has 36 heavy (non-hydrogen) atoms. The largest absolute Gasteiger partial charge is 0.481 e. The summed E-state index contributed by atoms with van der Waals surface area (Å²) in [7, 11) is 0. The minimum Gasteiger partial charge on any atom is -0.481 e. The molecular weight excluding hydrogens is 488 g/mol. The fourth-order valence-electron chi connectivity index (χ4n) is 3.99. The van der Waals surface area contributed by atoms with Crippen LogP contribution in [0.5, 0.6) is 0 Å². The topological polar surface area (TPSA) is 202 Å². The molecular formula is C24H28N4O7S. The second-order valence-electron chi connectivity index (χ2n) is 8.10. The van der Waals surface area contributed by atoms with E-state index in [1.165, 1.54) is 0 Å². The summed E-state index contributed by atoms with van der Waals surface area (Å²) in [5, 5.41) is 20.3. The number of Topliss-reactive ketones (excluding diaryl/α,β-unsaturated/α-hetero) is 1. The Morgan fingerprint density at radius 1 is 0.944 bits per heavy atom. The smallest absolute Gasteiger partial charge is 0.322 e. The average Bonchev–Trinajstić information content (AvgIpc) is 2.88. The number of benzene rings is 2. The highest BCUT2D eigenvalue weighted by molar-refractivity contribution is 7.99. The number of rotatable bonds is 15. The predicted octanol–water partition coefficient (Wildman–Crippen LogP) is 1.44. The Balaban J connectivity index is 2.70. The van der Waals surface area contributed by atoms with E-state index in [9.17, 15) is 24.1 Å². The van der Waals surface area contributed by atoms with Crippen molar-refractivity contribution in [2.24, 2.45) is 22.0 Å². The highest BCUT2D eigenvalue weighted by atomic mass is 32.2. The van der Waals surface area contributed by atoms with Gasteiger partial charge < -0.3 is 27.0 Å². The van der Waals surface area contributed by atoms with Crippen LogP contribution in [0.1, 0.15) is 24.0 Å². The Labute approximate surface area is 211 Å². The van der Waals surface area contributed by atoms with Gasteiger partial charge in [0.15, 0.2) is 5.78 Å². The molecule has 0 aliphatic carbocycles. The van der Waals surface area contributed by atoms with Gasteiger partial charge in [-0.05, 0) is 24.0 Å². The Morgan fingerprint density at radius 3 is 2.06 bits per heavy atom. The molecule has 2 aromatic rings. The number of nitroso groups, excluding NO2 is 1. The van der Waals surface area contributed by atoms with Crippen LogP contribution in [0.3, 0.4) is 0 Å². The van der Waals surface area contributed by atoms with Crippen LogP contribution in [0, 0.1) is 10.8 Å². The molecule has 0 fully saturated rings. The maximum absolute atomic E-state index is 14.0. The molecule has 0 saturated heterocycles. The summed E-state index contributed by atoms with van der Waals surface area (Å²) in [4.78, 5) is 60.8. The van der Waals surface area contributed by atoms with Crippen molar-refractivity contribution in [3.8, 4) is 0 Å². The first-order valence-electron chi connectivity index (χ1n) is 11.0. The number of carbonyl (C=O) groups is 4. The lowest BCUT2D eigenvalue weighted by Gasteiger charge is -2.41. The van der Waals surface area contributed by atoms with Gasteiger partial charge in [0.25, 0.3) is 0 Å². The molecule has 11 nitrogen and oxygen atoms in total. The molecule has 0 aliphatic rings. The van der Waals surface area contributed by atoms with E-state index in [2.05, 4.69) is 9.90 Å². The first kappa shape index (κ1) is 28.6. The summed E-state index contributed by atoms with van der Waals surface area (Å²) < 4.78 is 1.08. The molecule has 0 saturated carbocycles. The lowest BCUT2D eigenvalue weighted by Crippen LogP contribution is -2.58. The van der Waals surface area contributed by atoms with Gasteiger partial charge in [-0.25, -0.2) is 0 Å². The monoisotopic (exact) mass is 516 g/mol. The first-order valence-corrected chi connectivity index (χ1v) is 11.8. The maximum atomic E-state index is 14.0. The van der Waals surface area contributed by atoms with Crippen molar-refractivity contribution in [2.75, 3.05) is 6.54 Å². The van der Waals surface area contributed by atoms with E-state index in [1.54, 1.807) is 60.7 Å². The molecule has 0 radical (unpaired) electrons. The standard InChI is InChI=1S/C24H28N4O7S/c25-18(11-12-19(29)30)22(33)24(36-28-35,16-9-5-2-6-10-16)17(13-15-7-3-1-4-8-15)21(26)23(34)27-14-20(31)32/h1-10,17-18,21H,11-14,25-26H2,(H,27,34)(H,29,30)(H,31,32)/t17?,18-,21?,24?/m1/s1. The van der Waals surface area contributed by atoms with Gasteiger partial charge in [-0.2, -0.15) is 0 Å². The van der Waals surface area contributed by atoms with Crippen molar-refractivity contribution in [1.29, 1.82) is 0 Å². The number of nitrogens with zero attached hydrogens (tertiary/aromatic N) is 1. The van der Waals surface area contributed by atoms with Crippen LogP contribution in [0.25, 0.3) is 0 Å². The third kappa shape index (κ3) is 7.20. The normalized spacial score (nSPS) is 15.1. The van der Waals surface area contributed by atoms with Crippen LogP contribution >= 0.6 is 11.9 Å². The predicted molar refractivity (Wildman–Crippen MR) is 134 cm³/mol. The molecule has 0 spiro atoms. The third-order valence-electron chi connectivity index (χ3n) is 5.73. The van der Waals surface area contributed by atoms with Gasteiger partial charge in [0, 0.05) is 28.9 Å². The molecule has 1 amide bonds. The number of hydrogen-bond donors (Lipinski definition) is 5. The van der Waals surface area contributed by atoms with Crippen LogP contribution in [0.15, 0.2) is 65.2 Å². The third-order valence-corrected chi connectivity index (χ3v) is 6.83. The molecule has 4 atom stereocenters. The second-order valence-corrected chi connectivity index (χ2v) is 9.08. The highest BCUT2D eigenvalue weighted by Gasteiger charge is 2.53. The Hall–Kier alpha value is -3.61. The Bertz CT molecular complexity index is 1070. The lowest BCUT2D eigenvalue weighted by molar-refractivity contribution is -0.139. The first-order chi connectivity index (χ1) is 17.1. The van der Waals surface area contributed by atoms with E-state index >= 15 is 0 Å². The van der Waals surface area contributed by atoms with E-state index in [-0.39, 0.29) is 12.8 Å². The molecule has 7 N–H and O–H groups in total. The van der Waals surface area contributed by atoms with E-state index in [4.69, 9.17) is 21.7 Å². The summed E-state index contributed by atoms with van der Waals surface area (Å²) in [6.45, 7) is -0.700. The molecule has 2 rings (SSSR count). The van der Waals surface area contributed by atoms with Crippen molar-refractivity contribution in [3.05, 3.63) is 76.7 Å². The fraction of sp³-hybridized carbons (Fsp3) is 0.333. The van der Waals surface area contributed by atoms with Crippen molar-refractivity contribution >= 4 is 35.6 Å². The SMILES string of the molecule is NC(C(=O)NCC(=O)O)C(Cc1ccccc1)C(SN=O)(C(=O)[C@H](N)CCC(=O)O)c1ccccc1. The number of amides is 1. The van der Waals surface area contributed by atoms with Crippen LogP contribution in [0.4, 0.5) is 0 Å². The van der Waals surface area contributed by atoms with Crippen LogP contribution in [-0.4, -0.2) is 52.5 Å². The van der Waals surface area contributed by atoms with Crippen LogP contribution in [0.2, 0.25) is 0 Å². The second kappa shape index (κ2) is 13.5. The maximum Gasteiger partial charge on any atom is 0.322 e. The van der Waals surface area contributed by atoms with Gasteiger partial charge in [0.05, 0.1) is 12.1 Å². The summed E-state index contributed by atoms with van der Waals surface area (Å²) in [5.74, 6) is -5.14. The zero-order valence-corrected chi connectivity index (χ0v) is 20.1. The molecule has 0 heterocycles. The Morgan fingerprint density at radius 2 is 1.53 bits per heavy atom.